The Hall–Kier alpha value is -1.15. The van der Waals surface area contributed by atoms with Gasteiger partial charge in [0.1, 0.15) is 15.8 Å². The first kappa shape index (κ1) is 15.7. The molecular weight excluding hydrogens is 320 g/mol. The monoisotopic (exact) mass is 338 g/mol. The summed E-state index contributed by atoms with van der Waals surface area (Å²) in [5.41, 5.74) is 0.978. The van der Waals surface area contributed by atoms with E-state index in [1.165, 1.54) is 0 Å². The molecule has 0 amide bonds. The standard InChI is InChI=1S/C15H18N2O3S2/c1-19-11-3-4-12-13(7-11)22-15(17-12)14-16-10(9-21-14)8-20-6-2-5-18/h3-4,7,10,18H,2,5-6,8-9H2,1H3/t10-/m0/s1. The van der Waals surface area contributed by atoms with Crippen molar-refractivity contribution in [2.45, 2.75) is 12.5 Å². The van der Waals surface area contributed by atoms with Gasteiger partial charge >= 0.3 is 0 Å². The molecule has 0 fully saturated rings. The summed E-state index contributed by atoms with van der Waals surface area (Å²) in [6.07, 6.45) is 0.677. The molecule has 0 spiro atoms. The zero-order valence-electron chi connectivity index (χ0n) is 12.3. The molecular formula is C15H18N2O3S2. The maximum Gasteiger partial charge on any atom is 0.149 e. The topological polar surface area (TPSA) is 63.9 Å². The highest BCUT2D eigenvalue weighted by Gasteiger charge is 2.22. The van der Waals surface area contributed by atoms with Crippen molar-refractivity contribution in [3.05, 3.63) is 23.2 Å². The summed E-state index contributed by atoms with van der Waals surface area (Å²) in [6, 6.07) is 6.09. The van der Waals surface area contributed by atoms with E-state index in [2.05, 4.69) is 4.98 Å². The fourth-order valence-electron chi connectivity index (χ4n) is 2.13. The van der Waals surface area contributed by atoms with Gasteiger partial charge in [-0.25, -0.2) is 4.98 Å². The lowest BCUT2D eigenvalue weighted by Gasteiger charge is -2.05. The highest BCUT2D eigenvalue weighted by molar-refractivity contribution is 8.15. The minimum absolute atomic E-state index is 0.170. The van der Waals surface area contributed by atoms with Crippen molar-refractivity contribution in [3.8, 4) is 5.75 Å². The number of aliphatic hydroxyl groups is 1. The Morgan fingerprint density at radius 3 is 3.14 bits per heavy atom. The number of methoxy groups -OCH3 is 1. The highest BCUT2D eigenvalue weighted by atomic mass is 32.2. The number of rotatable bonds is 7. The summed E-state index contributed by atoms with van der Waals surface area (Å²) in [5, 5.41) is 10.7. The molecule has 2 aromatic rings. The van der Waals surface area contributed by atoms with Crippen LogP contribution in [0.3, 0.4) is 0 Å². The van der Waals surface area contributed by atoms with Crippen LogP contribution in [0.5, 0.6) is 5.75 Å². The fraction of sp³-hybridized carbons (Fsp3) is 0.467. The Labute approximate surface area is 137 Å². The van der Waals surface area contributed by atoms with E-state index < -0.39 is 0 Å². The van der Waals surface area contributed by atoms with E-state index in [1.54, 1.807) is 30.2 Å². The Bertz CT molecular complexity index is 672. The van der Waals surface area contributed by atoms with Gasteiger partial charge in [-0.1, -0.05) is 0 Å². The highest BCUT2D eigenvalue weighted by Crippen LogP contribution is 2.31. The van der Waals surface area contributed by atoms with Gasteiger partial charge in [0, 0.05) is 19.0 Å². The number of aliphatic hydroxyl groups excluding tert-OH is 1. The molecule has 0 bridgehead atoms. The van der Waals surface area contributed by atoms with Crippen LogP contribution in [-0.2, 0) is 4.74 Å². The predicted molar refractivity (Wildman–Crippen MR) is 91.5 cm³/mol. The lowest BCUT2D eigenvalue weighted by molar-refractivity contribution is 0.109. The number of ether oxygens (including phenoxy) is 2. The van der Waals surface area contributed by atoms with Gasteiger partial charge in [-0.05, 0) is 24.6 Å². The predicted octanol–water partition coefficient (Wildman–Crippen LogP) is 2.57. The van der Waals surface area contributed by atoms with Crippen molar-refractivity contribution in [1.82, 2.24) is 4.98 Å². The van der Waals surface area contributed by atoms with Gasteiger partial charge in [0.2, 0.25) is 0 Å². The van der Waals surface area contributed by atoms with Crippen LogP contribution >= 0.6 is 23.1 Å². The molecule has 1 aromatic carbocycles. The van der Waals surface area contributed by atoms with Gasteiger partial charge in [-0.2, -0.15) is 0 Å². The van der Waals surface area contributed by atoms with Crippen LogP contribution in [0.2, 0.25) is 0 Å². The second-order valence-electron chi connectivity index (χ2n) is 4.90. The van der Waals surface area contributed by atoms with E-state index in [1.807, 2.05) is 18.2 Å². The van der Waals surface area contributed by atoms with Gasteiger partial charge in [0.15, 0.2) is 0 Å². The van der Waals surface area contributed by atoms with Gasteiger partial charge in [-0.3, -0.25) is 4.99 Å². The van der Waals surface area contributed by atoms with E-state index >= 15 is 0 Å². The number of benzene rings is 1. The lowest BCUT2D eigenvalue weighted by Crippen LogP contribution is -2.14. The number of hydrogen-bond acceptors (Lipinski definition) is 7. The SMILES string of the molecule is COc1ccc2nc(C3=N[C@@H](COCCCO)CS3)sc2c1. The van der Waals surface area contributed by atoms with Crippen molar-refractivity contribution in [2.75, 3.05) is 32.7 Å². The van der Waals surface area contributed by atoms with E-state index in [0.717, 1.165) is 31.8 Å². The molecule has 2 heterocycles. The van der Waals surface area contributed by atoms with Gasteiger partial charge < -0.3 is 14.6 Å². The minimum atomic E-state index is 0.170. The molecule has 0 saturated carbocycles. The van der Waals surface area contributed by atoms with Gasteiger partial charge in [0.25, 0.3) is 0 Å². The average Bonchev–Trinajstić information content (AvgIpc) is 3.17. The van der Waals surface area contributed by atoms with Gasteiger partial charge in [0.05, 0.1) is 30.0 Å². The summed E-state index contributed by atoms with van der Waals surface area (Å²) in [5.74, 6) is 1.77. The zero-order valence-corrected chi connectivity index (χ0v) is 14.0. The van der Waals surface area contributed by atoms with E-state index in [0.29, 0.717) is 19.6 Å². The first-order valence-electron chi connectivity index (χ1n) is 7.14. The van der Waals surface area contributed by atoms with Crippen LogP contribution in [0.4, 0.5) is 0 Å². The normalized spacial score (nSPS) is 17.9. The molecule has 0 saturated heterocycles. The second kappa shape index (κ2) is 7.41. The minimum Gasteiger partial charge on any atom is -0.497 e. The molecule has 1 N–H and O–H groups in total. The molecule has 3 rings (SSSR count). The zero-order chi connectivity index (χ0) is 15.4. The summed E-state index contributed by atoms with van der Waals surface area (Å²) >= 11 is 3.37. The fourth-order valence-corrected chi connectivity index (χ4v) is 4.23. The Morgan fingerprint density at radius 2 is 2.32 bits per heavy atom. The lowest BCUT2D eigenvalue weighted by atomic mass is 10.3. The third-order valence-electron chi connectivity index (χ3n) is 3.25. The smallest absolute Gasteiger partial charge is 0.149 e. The quantitative estimate of drug-likeness (QED) is 0.786. The van der Waals surface area contributed by atoms with Crippen molar-refractivity contribution in [3.63, 3.8) is 0 Å². The van der Waals surface area contributed by atoms with Crippen molar-refractivity contribution >= 4 is 38.4 Å². The Kier molecular flexibility index (Phi) is 5.30. The van der Waals surface area contributed by atoms with Crippen molar-refractivity contribution in [2.24, 2.45) is 4.99 Å². The second-order valence-corrected chi connectivity index (χ2v) is 6.94. The molecule has 0 aliphatic carbocycles. The summed E-state index contributed by atoms with van der Waals surface area (Å²) in [6.45, 7) is 1.36. The average molecular weight is 338 g/mol. The van der Waals surface area contributed by atoms with E-state index in [-0.39, 0.29) is 12.6 Å². The first-order chi connectivity index (χ1) is 10.8. The van der Waals surface area contributed by atoms with Crippen LogP contribution in [-0.4, -0.2) is 53.9 Å². The summed E-state index contributed by atoms with van der Waals surface area (Å²) in [4.78, 5) is 9.35. The Morgan fingerprint density at radius 1 is 1.41 bits per heavy atom. The van der Waals surface area contributed by atoms with Crippen LogP contribution in [0.15, 0.2) is 23.2 Å². The van der Waals surface area contributed by atoms with Gasteiger partial charge in [-0.15, -0.1) is 23.1 Å². The number of fused-ring (bicyclic) bond motifs is 1. The molecule has 1 aliphatic heterocycles. The number of hydrogen-bond donors (Lipinski definition) is 1. The molecule has 7 heteroatoms. The van der Waals surface area contributed by atoms with Crippen LogP contribution in [0, 0.1) is 0 Å². The maximum absolute atomic E-state index is 8.73. The largest absolute Gasteiger partial charge is 0.497 e. The van der Waals surface area contributed by atoms with Crippen molar-refractivity contribution < 1.29 is 14.6 Å². The van der Waals surface area contributed by atoms with E-state index in [4.69, 9.17) is 19.6 Å². The van der Waals surface area contributed by atoms with Crippen molar-refractivity contribution in [1.29, 1.82) is 0 Å². The molecule has 5 nitrogen and oxygen atoms in total. The summed E-state index contributed by atoms with van der Waals surface area (Å²) < 4.78 is 11.9. The maximum atomic E-state index is 8.73. The van der Waals surface area contributed by atoms with Crippen LogP contribution < -0.4 is 4.74 Å². The number of aliphatic imine (C=N–C) groups is 1. The molecule has 22 heavy (non-hydrogen) atoms. The molecule has 0 unspecified atom stereocenters. The number of aromatic nitrogens is 1. The molecule has 1 atom stereocenters. The summed E-state index contributed by atoms with van der Waals surface area (Å²) in [7, 11) is 1.67. The Balaban J connectivity index is 1.68. The molecule has 1 aromatic heterocycles. The molecule has 118 valence electrons. The molecule has 1 aliphatic rings. The third kappa shape index (κ3) is 3.60. The number of nitrogens with zero attached hydrogens (tertiary/aromatic N) is 2. The number of thioether (sulfide) groups is 1. The van der Waals surface area contributed by atoms with E-state index in [9.17, 15) is 0 Å². The third-order valence-corrected chi connectivity index (χ3v) is 5.53. The molecule has 0 radical (unpaired) electrons. The van der Waals surface area contributed by atoms with Crippen LogP contribution in [0.25, 0.3) is 10.2 Å². The van der Waals surface area contributed by atoms with Crippen LogP contribution in [0.1, 0.15) is 11.4 Å². The first-order valence-corrected chi connectivity index (χ1v) is 8.94. The number of thiazole rings is 1.